The third-order valence-electron chi connectivity index (χ3n) is 4.65. The molecule has 0 unspecified atom stereocenters. The van der Waals surface area contributed by atoms with Crippen molar-refractivity contribution in [3.8, 4) is 5.75 Å². The summed E-state index contributed by atoms with van der Waals surface area (Å²) in [5.74, 6) is 0.238. The fourth-order valence-electron chi connectivity index (χ4n) is 3.15. The molecule has 24 heavy (non-hydrogen) atoms. The van der Waals surface area contributed by atoms with Crippen molar-refractivity contribution in [3.63, 3.8) is 0 Å². The van der Waals surface area contributed by atoms with E-state index >= 15 is 0 Å². The number of primary sulfonamides is 1. The van der Waals surface area contributed by atoms with E-state index in [9.17, 15) is 13.5 Å². The van der Waals surface area contributed by atoms with E-state index in [4.69, 9.17) is 5.14 Å². The molecule has 0 aromatic heterocycles. The standard InChI is InChI=1S/C19H17NO3S/c20-24(22,23)16-7-3-14(4-8-16)18-12-19(9-10-19)11-17(18)13-1-5-15(21)6-2-13/h1-8,11-12,21H,9-10H2,(H2,20,22,23). The first-order valence-electron chi connectivity index (χ1n) is 7.75. The highest BCUT2D eigenvalue weighted by atomic mass is 32.2. The van der Waals surface area contributed by atoms with Gasteiger partial charge in [-0.15, -0.1) is 0 Å². The van der Waals surface area contributed by atoms with E-state index in [0.717, 1.165) is 35.1 Å². The lowest BCUT2D eigenvalue weighted by Gasteiger charge is -2.10. The van der Waals surface area contributed by atoms with Gasteiger partial charge >= 0.3 is 0 Å². The van der Waals surface area contributed by atoms with Crippen molar-refractivity contribution in [2.24, 2.45) is 10.6 Å². The van der Waals surface area contributed by atoms with Crippen molar-refractivity contribution in [1.82, 2.24) is 0 Å². The molecule has 1 saturated carbocycles. The Labute approximate surface area is 141 Å². The fourth-order valence-corrected chi connectivity index (χ4v) is 3.66. The van der Waals surface area contributed by atoms with Gasteiger partial charge < -0.3 is 5.11 Å². The van der Waals surface area contributed by atoms with E-state index in [-0.39, 0.29) is 16.1 Å². The van der Waals surface area contributed by atoms with Gasteiger partial charge in [-0.05, 0) is 59.4 Å². The number of allylic oxidation sites excluding steroid dienone is 4. The number of phenolic OH excluding ortho intramolecular Hbond substituents is 1. The zero-order valence-corrected chi connectivity index (χ0v) is 13.8. The lowest BCUT2D eigenvalue weighted by Crippen LogP contribution is -2.11. The first kappa shape index (κ1) is 15.2. The number of hydrogen-bond acceptors (Lipinski definition) is 3. The van der Waals surface area contributed by atoms with Crippen LogP contribution in [0.2, 0.25) is 0 Å². The molecule has 1 fully saturated rings. The van der Waals surface area contributed by atoms with Gasteiger partial charge in [0.1, 0.15) is 5.75 Å². The molecule has 2 aromatic carbocycles. The van der Waals surface area contributed by atoms with Crippen LogP contribution in [0.4, 0.5) is 0 Å². The van der Waals surface area contributed by atoms with Crippen LogP contribution in [0.1, 0.15) is 24.0 Å². The van der Waals surface area contributed by atoms with E-state index in [0.29, 0.717) is 0 Å². The first-order chi connectivity index (χ1) is 11.4. The Balaban J connectivity index is 1.76. The summed E-state index contributed by atoms with van der Waals surface area (Å²) in [6, 6.07) is 13.8. The summed E-state index contributed by atoms with van der Waals surface area (Å²) in [6.07, 6.45) is 6.81. The summed E-state index contributed by atoms with van der Waals surface area (Å²) in [7, 11) is -3.69. The predicted octanol–water partition coefficient (Wildman–Crippen LogP) is 3.30. The van der Waals surface area contributed by atoms with E-state index in [1.165, 1.54) is 12.1 Å². The number of phenols is 1. The van der Waals surface area contributed by atoms with Crippen molar-refractivity contribution in [1.29, 1.82) is 0 Å². The van der Waals surface area contributed by atoms with Crippen molar-refractivity contribution in [2.75, 3.05) is 0 Å². The maximum atomic E-state index is 11.4. The number of aromatic hydroxyl groups is 1. The highest BCUT2D eigenvalue weighted by molar-refractivity contribution is 7.89. The second-order valence-electron chi connectivity index (χ2n) is 6.47. The molecule has 2 aliphatic rings. The third-order valence-corrected chi connectivity index (χ3v) is 5.58. The number of benzene rings is 2. The summed E-state index contributed by atoms with van der Waals surface area (Å²) >= 11 is 0. The van der Waals surface area contributed by atoms with Gasteiger partial charge in [0.2, 0.25) is 10.0 Å². The quantitative estimate of drug-likeness (QED) is 0.900. The van der Waals surface area contributed by atoms with Gasteiger partial charge in [0.05, 0.1) is 4.90 Å². The molecular weight excluding hydrogens is 322 g/mol. The van der Waals surface area contributed by atoms with Crippen molar-refractivity contribution in [3.05, 3.63) is 71.8 Å². The van der Waals surface area contributed by atoms with Crippen LogP contribution in [-0.4, -0.2) is 13.5 Å². The van der Waals surface area contributed by atoms with Gasteiger partial charge in [0, 0.05) is 5.41 Å². The minimum atomic E-state index is -3.69. The first-order valence-corrected chi connectivity index (χ1v) is 9.30. The van der Waals surface area contributed by atoms with Crippen LogP contribution in [0.25, 0.3) is 11.1 Å². The third kappa shape index (κ3) is 2.66. The molecule has 2 aromatic rings. The molecule has 0 atom stereocenters. The molecule has 0 heterocycles. The average Bonchev–Trinajstić information content (AvgIpc) is 3.19. The molecule has 0 bridgehead atoms. The Bertz CT molecular complexity index is 964. The van der Waals surface area contributed by atoms with Gasteiger partial charge in [-0.3, -0.25) is 0 Å². The van der Waals surface area contributed by atoms with Crippen LogP contribution < -0.4 is 5.14 Å². The summed E-state index contributed by atoms with van der Waals surface area (Å²) < 4.78 is 22.8. The van der Waals surface area contributed by atoms with E-state index in [2.05, 4.69) is 12.2 Å². The number of rotatable bonds is 3. The van der Waals surface area contributed by atoms with Crippen molar-refractivity contribution in [2.45, 2.75) is 17.7 Å². The largest absolute Gasteiger partial charge is 0.508 e. The molecule has 3 N–H and O–H groups in total. The summed E-state index contributed by atoms with van der Waals surface area (Å²) in [6.45, 7) is 0. The van der Waals surface area contributed by atoms with E-state index < -0.39 is 10.0 Å². The molecular formula is C19H17NO3S. The average molecular weight is 339 g/mol. The van der Waals surface area contributed by atoms with E-state index in [1.54, 1.807) is 24.3 Å². The molecule has 1 spiro atoms. The van der Waals surface area contributed by atoms with Crippen LogP contribution in [-0.2, 0) is 10.0 Å². The van der Waals surface area contributed by atoms with Crippen LogP contribution in [0.5, 0.6) is 5.75 Å². The Morgan fingerprint density at radius 3 is 1.71 bits per heavy atom. The zero-order valence-electron chi connectivity index (χ0n) is 12.9. The van der Waals surface area contributed by atoms with Crippen LogP contribution in [0, 0.1) is 5.41 Å². The lowest BCUT2D eigenvalue weighted by atomic mass is 9.95. The summed E-state index contributed by atoms with van der Waals surface area (Å²) in [5.41, 5.74) is 4.36. The minimum Gasteiger partial charge on any atom is -0.508 e. The van der Waals surface area contributed by atoms with Crippen molar-refractivity contribution < 1.29 is 13.5 Å². The van der Waals surface area contributed by atoms with E-state index in [1.807, 2.05) is 12.1 Å². The zero-order chi connectivity index (χ0) is 16.9. The fraction of sp³-hybridized carbons (Fsp3) is 0.158. The molecule has 0 radical (unpaired) electrons. The number of hydrogen-bond donors (Lipinski definition) is 2. The monoisotopic (exact) mass is 339 g/mol. The highest BCUT2D eigenvalue weighted by Gasteiger charge is 2.43. The van der Waals surface area contributed by atoms with Gasteiger partial charge in [0.15, 0.2) is 0 Å². The Morgan fingerprint density at radius 2 is 1.29 bits per heavy atom. The minimum absolute atomic E-state index is 0.112. The van der Waals surface area contributed by atoms with Gasteiger partial charge in [0.25, 0.3) is 0 Å². The van der Waals surface area contributed by atoms with Gasteiger partial charge in [-0.25, -0.2) is 13.6 Å². The normalized spacial score (nSPS) is 18.4. The van der Waals surface area contributed by atoms with Crippen LogP contribution in [0.15, 0.2) is 65.6 Å². The van der Waals surface area contributed by atoms with Gasteiger partial charge in [-0.2, -0.15) is 0 Å². The van der Waals surface area contributed by atoms with Crippen LogP contribution >= 0.6 is 0 Å². The smallest absolute Gasteiger partial charge is 0.238 e. The second-order valence-corrected chi connectivity index (χ2v) is 8.03. The maximum absolute atomic E-state index is 11.4. The Morgan fingerprint density at radius 1 is 0.833 bits per heavy atom. The van der Waals surface area contributed by atoms with Gasteiger partial charge in [-0.1, -0.05) is 36.4 Å². The maximum Gasteiger partial charge on any atom is 0.238 e. The second kappa shape index (κ2) is 5.06. The predicted molar refractivity (Wildman–Crippen MR) is 93.5 cm³/mol. The Kier molecular flexibility index (Phi) is 3.20. The molecule has 2 aliphatic carbocycles. The SMILES string of the molecule is NS(=O)(=O)c1ccc(C2=CC3(C=C2c2ccc(O)cc2)CC3)cc1. The number of nitrogens with two attached hydrogens (primary N) is 1. The molecule has 122 valence electrons. The lowest BCUT2D eigenvalue weighted by molar-refractivity contribution is 0.475. The summed E-state index contributed by atoms with van der Waals surface area (Å²) in [5, 5.41) is 14.7. The molecule has 0 saturated heterocycles. The topological polar surface area (TPSA) is 80.4 Å². The number of sulfonamides is 1. The molecule has 4 rings (SSSR count). The summed E-state index contributed by atoms with van der Waals surface area (Å²) in [4.78, 5) is 0.112. The highest BCUT2D eigenvalue weighted by Crippen LogP contribution is 2.57. The van der Waals surface area contributed by atoms with Crippen LogP contribution in [0.3, 0.4) is 0 Å². The molecule has 0 amide bonds. The Hall–Kier alpha value is -2.37. The molecule has 5 heteroatoms. The molecule has 0 aliphatic heterocycles. The molecule has 4 nitrogen and oxygen atoms in total. The van der Waals surface area contributed by atoms with Crippen molar-refractivity contribution >= 4 is 21.2 Å².